The van der Waals surface area contributed by atoms with Gasteiger partial charge in [0.1, 0.15) is 0 Å². The van der Waals surface area contributed by atoms with Crippen molar-refractivity contribution < 1.29 is 14.7 Å². The zero-order valence-electron chi connectivity index (χ0n) is 11.9. The fourth-order valence-electron chi connectivity index (χ4n) is 3.11. The first-order valence-electron chi connectivity index (χ1n) is 7.41. The van der Waals surface area contributed by atoms with Gasteiger partial charge in [-0.15, -0.1) is 0 Å². The van der Waals surface area contributed by atoms with E-state index < -0.39 is 16.9 Å². The quantitative estimate of drug-likeness (QED) is 0.790. The molecule has 0 atom stereocenters. The number of aliphatic carboxylic acids is 1. The van der Waals surface area contributed by atoms with Gasteiger partial charge in [-0.1, -0.05) is 25.0 Å². The van der Waals surface area contributed by atoms with Crippen LogP contribution in [0.3, 0.4) is 0 Å². The summed E-state index contributed by atoms with van der Waals surface area (Å²) in [6, 6.07) is 7.09. The number of nitrogens with one attached hydrogen (secondary N) is 1. The minimum Gasteiger partial charge on any atom is -0.481 e. The molecule has 3 rings (SSSR count). The Balaban J connectivity index is 1.70. The fourth-order valence-corrected chi connectivity index (χ4v) is 3.11. The van der Waals surface area contributed by atoms with Gasteiger partial charge in [-0.2, -0.15) is 0 Å². The van der Waals surface area contributed by atoms with Gasteiger partial charge in [0.2, 0.25) is 5.91 Å². The van der Waals surface area contributed by atoms with Gasteiger partial charge in [0.25, 0.3) is 0 Å². The third kappa shape index (κ3) is 2.42. The summed E-state index contributed by atoms with van der Waals surface area (Å²) in [5, 5.41) is 12.1. The highest BCUT2D eigenvalue weighted by Gasteiger charge is 2.51. The normalized spacial score (nSPS) is 21.8. The minimum atomic E-state index is -0.772. The third-order valence-electron chi connectivity index (χ3n) is 4.80. The average molecular weight is 288 g/mol. The molecule has 2 aliphatic rings. The van der Waals surface area contributed by atoms with Crippen LogP contribution in [0.2, 0.25) is 0 Å². The number of nitrogens with two attached hydrogens (primary N) is 1. The van der Waals surface area contributed by atoms with Gasteiger partial charge in [0.05, 0.1) is 11.0 Å². The van der Waals surface area contributed by atoms with Crippen LogP contribution in [0.1, 0.15) is 44.1 Å². The smallest absolute Gasteiger partial charge is 0.314 e. The molecule has 0 heterocycles. The third-order valence-corrected chi connectivity index (χ3v) is 4.80. The molecule has 2 aliphatic carbocycles. The number of rotatable bonds is 4. The Hall–Kier alpha value is -1.88. The van der Waals surface area contributed by atoms with Crippen molar-refractivity contribution in [3.05, 3.63) is 29.8 Å². The molecule has 1 aromatic carbocycles. The zero-order chi connectivity index (χ0) is 15.1. The fraction of sp³-hybridized carbons (Fsp3) is 0.500. The Bertz CT molecular complexity index is 570. The van der Waals surface area contributed by atoms with Gasteiger partial charge in [0, 0.05) is 5.69 Å². The summed E-state index contributed by atoms with van der Waals surface area (Å²) in [6.07, 6.45) is 4.78. The van der Waals surface area contributed by atoms with Crippen molar-refractivity contribution in [1.29, 1.82) is 0 Å². The molecule has 0 spiro atoms. The first-order valence-corrected chi connectivity index (χ1v) is 7.41. The van der Waals surface area contributed by atoms with Crippen molar-refractivity contribution in [2.24, 2.45) is 5.73 Å². The molecule has 0 bridgehead atoms. The molecular weight excluding hydrogens is 268 g/mol. The Morgan fingerprint density at radius 1 is 1.05 bits per heavy atom. The lowest BCUT2D eigenvalue weighted by Gasteiger charge is -2.22. The van der Waals surface area contributed by atoms with Crippen molar-refractivity contribution in [3.63, 3.8) is 0 Å². The molecule has 21 heavy (non-hydrogen) atoms. The van der Waals surface area contributed by atoms with Gasteiger partial charge in [-0.3, -0.25) is 9.59 Å². The van der Waals surface area contributed by atoms with E-state index in [2.05, 4.69) is 5.32 Å². The zero-order valence-corrected chi connectivity index (χ0v) is 11.9. The van der Waals surface area contributed by atoms with Crippen LogP contribution in [0.25, 0.3) is 0 Å². The molecule has 5 nitrogen and oxygen atoms in total. The lowest BCUT2D eigenvalue weighted by molar-refractivity contribution is -0.140. The summed E-state index contributed by atoms with van der Waals surface area (Å²) in [7, 11) is 0. The number of hydrogen-bond acceptors (Lipinski definition) is 3. The van der Waals surface area contributed by atoms with Crippen molar-refractivity contribution in [1.82, 2.24) is 0 Å². The Morgan fingerprint density at radius 2 is 1.62 bits per heavy atom. The number of carbonyl (C=O) groups excluding carboxylic acids is 1. The number of anilines is 1. The number of benzene rings is 1. The first kappa shape index (κ1) is 14.1. The maximum absolute atomic E-state index is 12.2. The van der Waals surface area contributed by atoms with Gasteiger partial charge < -0.3 is 16.2 Å². The summed E-state index contributed by atoms with van der Waals surface area (Å²) >= 11 is 0. The number of hydrogen-bond donors (Lipinski definition) is 3. The van der Waals surface area contributed by atoms with Crippen molar-refractivity contribution in [3.8, 4) is 0 Å². The molecule has 0 aliphatic heterocycles. The molecular formula is C16H20N2O3. The molecule has 0 unspecified atom stereocenters. The second-order valence-electron chi connectivity index (χ2n) is 6.28. The molecule has 0 radical (unpaired) electrons. The van der Waals surface area contributed by atoms with E-state index in [4.69, 9.17) is 5.73 Å². The molecule has 1 aromatic rings. The van der Waals surface area contributed by atoms with Crippen LogP contribution < -0.4 is 11.1 Å². The van der Waals surface area contributed by atoms with Crippen LogP contribution in [0.4, 0.5) is 5.69 Å². The van der Waals surface area contributed by atoms with Crippen LogP contribution in [-0.2, 0) is 15.0 Å². The minimum absolute atomic E-state index is 0.146. The summed E-state index contributed by atoms with van der Waals surface area (Å²) in [6.45, 7) is 0. The topological polar surface area (TPSA) is 92.4 Å². The van der Waals surface area contributed by atoms with Gasteiger partial charge in [-0.05, 0) is 43.4 Å². The Kier molecular flexibility index (Phi) is 3.24. The van der Waals surface area contributed by atoms with E-state index in [1.807, 2.05) is 0 Å². The first-order chi connectivity index (χ1) is 9.96. The highest BCUT2D eigenvalue weighted by Crippen LogP contribution is 2.48. The predicted molar refractivity (Wildman–Crippen MR) is 79.0 cm³/mol. The highest BCUT2D eigenvalue weighted by molar-refractivity contribution is 5.98. The summed E-state index contributed by atoms with van der Waals surface area (Å²) in [5.74, 6) is -0.918. The van der Waals surface area contributed by atoms with Crippen LogP contribution >= 0.6 is 0 Å². The van der Waals surface area contributed by atoms with E-state index >= 15 is 0 Å². The van der Waals surface area contributed by atoms with Crippen LogP contribution in [0.15, 0.2) is 24.3 Å². The van der Waals surface area contributed by atoms with Crippen LogP contribution in [0.5, 0.6) is 0 Å². The molecule has 112 valence electrons. The van der Waals surface area contributed by atoms with Crippen molar-refractivity contribution >= 4 is 17.6 Å². The van der Waals surface area contributed by atoms with E-state index in [-0.39, 0.29) is 5.91 Å². The van der Waals surface area contributed by atoms with Gasteiger partial charge in [-0.25, -0.2) is 0 Å². The lowest BCUT2D eigenvalue weighted by atomic mass is 9.95. The van der Waals surface area contributed by atoms with Gasteiger partial charge in [0.15, 0.2) is 0 Å². The molecule has 0 saturated heterocycles. The Labute approximate surface area is 123 Å². The van der Waals surface area contributed by atoms with E-state index in [1.54, 1.807) is 24.3 Å². The molecule has 0 aromatic heterocycles. The van der Waals surface area contributed by atoms with E-state index in [9.17, 15) is 14.7 Å². The number of amides is 1. The van der Waals surface area contributed by atoms with Crippen molar-refractivity contribution in [2.75, 3.05) is 5.32 Å². The Morgan fingerprint density at radius 3 is 2.10 bits per heavy atom. The van der Waals surface area contributed by atoms with Crippen LogP contribution in [0, 0.1) is 0 Å². The predicted octanol–water partition coefficient (Wildman–Crippen LogP) is 2.01. The summed E-state index contributed by atoms with van der Waals surface area (Å²) in [5.41, 5.74) is 6.12. The van der Waals surface area contributed by atoms with E-state index in [1.165, 1.54) is 0 Å². The number of carboxylic acids is 1. The second kappa shape index (κ2) is 4.84. The van der Waals surface area contributed by atoms with Gasteiger partial charge >= 0.3 is 5.97 Å². The average Bonchev–Trinajstić information content (AvgIpc) is 3.16. The number of carboxylic acid groups (broad SMARTS) is 1. The summed E-state index contributed by atoms with van der Waals surface area (Å²) in [4.78, 5) is 23.5. The van der Waals surface area contributed by atoms with E-state index in [0.717, 1.165) is 31.2 Å². The molecule has 2 saturated carbocycles. The maximum Gasteiger partial charge on any atom is 0.314 e. The number of carbonyl (C=O) groups is 2. The highest BCUT2D eigenvalue weighted by atomic mass is 16.4. The maximum atomic E-state index is 12.2. The standard InChI is InChI=1S/C16H20N2O3/c17-16(7-1-2-8-16)13(19)18-12-5-3-11(4-6-12)15(9-10-15)14(20)21/h3-6H,1-2,7-10,17H2,(H,18,19)(H,20,21). The SMILES string of the molecule is NC1(C(=O)Nc2ccc(C3(C(=O)O)CC3)cc2)CCCC1. The van der Waals surface area contributed by atoms with Crippen molar-refractivity contribution in [2.45, 2.75) is 49.5 Å². The molecule has 5 heteroatoms. The van der Waals surface area contributed by atoms with Crippen LogP contribution in [-0.4, -0.2) is 22.5 Å². The summed E-state index contributed by atoms with van der Waals surface area (Å²) < 4.78 is 0. The largest absolute Gasteiger partial charge is 0.481 e. The molecule has 4 N–H and O–H groups in total. The monoisotopic (exact) mass is 288 g/mol. The molecule has 2 fully saturated rings. The molecule has 1 amide bonds. The second-order valence-corrected chi connectivity index (χ2v) is 6.28. The van der Waals surface area contributed by atoms with E-state index in [0.29, 0.717) is 18.5 Å². The lowest BCUT2D eigenvalue weighted by Crippen LogP contribution is -2.48.